The summed E-state index contributed by atoms with van der Waals surface area (Å²) in [5.41, 5.74) is 0.0576. The molecule has 0 amide bonds. The van der Waals surface area contributed by atoms with E-state index < -0.39 is 11.7 Å². The summed E-state index contributed by atoms with van der Waals surface area (Å²) in [5.74, 6) is -2.47. The molecule has 0 radical (unpaired) electrons. The lowest BCUT2D eigenvalue weighted by Crippen LogP contribution is -2.25. The summed E-state index contributed by atoms with van der Waals surface area (Å²) >= 11 is 0. The molecule has 0 heterocycles. The van der Waals surface area contributed by atoms with Crippen molar-refractivity contribution in [2.75, 3.05) is 0 Å². The maximum absolute atomic E-state index is 11.6. The van der Waals surface area contributed by atoms with Gasteiger partial charge < -0.3 is 10.2 Å². The van der Waals surface area contributed by atoms with Crippen LogP contribution in [0.5, 0.6) is 0 Å². The Hall–Kier alpha value is -1.32. The number of aliphatic carboxylic acids is 1. The molecule has 0 aromatic carbocycles. The van der Waals surface area contributed by atoms with Crippen molar-refractivity contribution in [3.05, 3.63) is 11.3 Å². The molecule has 0 unspecified atom stereocenters. The fourth-order valence-corrected chi connectivity index (χ4v) is 1.50. The molecule has 0 aliphatic heterocycles. The number of ketones is 1. The molecule has 0 aromatic heterocycles. The Kier molecular flexibility index (Phi) is 3.28. The Balaban J connectivity index is 2.84. The number of Topliss-reactive ketones (excluding diaryl/α,β-unsaturated/α-hetero) is 1. The molecule has 1 fully saturated rings. The van der Waals surface area contributed by atoms with Gasteiger partial charge in [0.05, 0.1) is 0 Å². The van der Waals surface area contributed by atoms with Crippen molar-refractivity contribution < 1.29 is 19.8 Å². The zero-order chi connectivity index (χ0) is 10.7. The molecule has 78 valence electrons. The summed E-state index contributed by atoms with van der Waals surface area (Å²) in [5, 5.41) is 17.7. The Morgan fingerprint density at radius 3 is 2.14 bits per heavy atom. The molecular weight excluding hydrogens is 184 g/mol. The number of carboxylic acids is 1. The summed E-state index contributed by atoms with van der Waals surface area (Å²) in [6, 6.07) is 0. The van der Waals surface area contributed by atoms with Crippen LogP contribution in [0.4, 0.5) is 0 Å². The average molecular weight is 198 g/mol. The van der Waals surface area contributed by atoms with Gasteiger partial charge in [0, 0.05) is 11.5 Å². The van der Waals surface area contributed by atoms with Gasteiger partial charge in [-0.05, 0) is 19.3 Å². The molecule has 0 aromatic rings. The number of hydrogen-bond donors (Lipinski definition) is 2. The molecule has 0 saturated heterocycles. The van der Waals surface area contributed by atoms with Gasteiger partial charge in [0.15, 0.2) is 5.78 Å². The standard InChI is InChI=1S/C10H14O4/c1-2-7(9(12)10(13)14)8(11)6-4-3-5-6/h6,12H,2-5H2,1H3,(H,13,14). The third-order valence-electron chi connectivity index (χ3n) is 2.62. The second-order valence-corrected chi connectivity index (χ2v) is 3.48. The van der Waals surface area contributed by atoms with Crippen molar-refractivity contribution >= 4 is 11.8 Å². The predicted octanol–water partition coefficient (Wildman–Crippen LogP) is 1.66. The Bertz CT molecular complexity index is 286. The van der Waals surface area contributed by atoms with Crippen LogP contribution < -0.4 is 0 Å². The fraction of sp³-hybridized carbons (Fsp3) is 0.600. The van der Waals surface area contributed by atoms with Crippen LogP contribution >= 0.6 is 0 Å². The van der Waals surface area contributed by atoms with Crippen LogP contribution in [0.2, 0.25) is 0 Å². The van der Waals surface area contributed by atoms with Crippen LogP contribution in [-0.2, 0) is 9.59 Å². The largest absolute Gasteiger partial charge is 0.502 e. The topological polar surface area (TPSA) is 74.6 Å². The van der Waals surface area contributed by atoms with E-state index in [9.17, 15) is 14.7 Å². The summed E-state index contributed by atoms with van der Waals surface area (Å²) in [7, 11) is 0. The van der Waals surface area contributed by atoms with E-state index in [0.29, 0.717) is 0 Å². The SMILES string of the molecule is CCC(C(=O)C1CCC1)=C(O)C(=O)O. The molecule has 0 spiro atoms. The summed E-state index contributed by atoms with van der Waals surface area (Å²) in [4.78, 5) is 22.1. The highest BCUT2D eigenvalue weighted by atomic mass is 16.4. The first kappa shape index (κ1) is 10.8. The number of rotatable bonds is 4. The van der Waals surface area contributed by atoms with Crippen LogP contribution in [0, 0.1) is 5.92 Å². The van der Waals surface area contributed by atoms with E-state index in [4.69, 9.17) is 5.11 Å². The maximum Gasteiger partial charge on any atom is 0.371 e. The van der Waals surface area contributed by atoms with Crippen LogP contribution in [0.15, 0.2) is 11.3 Å². The first-order valence-corrected chi connectivity index (χ1v) is 4.77. The van der Waals surface area contributed by atoms with E-state index in [0.717, 1.165) is 19.3 Å². The maximum atomic E-state index is 11.6. The van der Waals surface area contributed by atoms with Gasteiger partial charge in [0.2, 0.25) is 5.76 Å². The van der Waals surface area contributed by atoms with Crippen molar-refractivity contribution in [2.24, 2.45) is 5.92 Å². The van der Waals surface area contributed by atoms with Crippen LogP contribution in [0.3, 0.4) is 0 Å². The van der Waals surface area contributed by atoms with Crippen molar-refractivity contribution in [1.82, 2.24) is 0 Å². The quantitative estimate of drug-likeness (QED) is 0.532. The molecule has 1 rings (SSSR count). The van der Waals surface area contributed by atoms with Gasteiger partial charge in [-0.2, -0.15) is 0 Å². The minimum absolute atomic E-state index is 0.0576. The number of hydrogen-bond acceptors (Lipinski definition) is 3. The highest BCUT2D eigenvalue weighted by Gasteiger charge is 2.29. The molecular formula is C10H14O4. The Morgan fingerprint density at radius 2 is 1.86 bits per heavy atom. The summed E-state index contributed by atoms with van der Waals surface area (Å²) in [6.45, 7) is 1.67. The van der Waals surface area contributed by atoms with E-state index in [-0.39, 0.29) is 23.7 Å². The van der Waals surface area contributed by atoms with Crippen molar-refractivity contribution in [3.8, 4) is 0 Å². The zero-order valence-electron chi connectivity index (χ0n) is 8.12. The first-order valence-electron chi connectivity index (χ1n) is 4.77. The van der Waals surface area contributed by atoms with Crippen molar-refractivity contribution in [3.63, 3.8) is 0 Å². The van der Waals surface area contributed by atoms with Gasteiger partial charge in [0.25, 0.3) is 0 Å². The fourth-order valence-electron chi connectivity index (χ4n) is 1.50. The van der Waals surface area contributed by atoms with Gasteiger partial charge in [-0.3, -0.25) is 4.79 Å². The molecule has 4 heteroatoms. The van der Waals surface area contributed by atoms with Crippen LogP contribution in [0.1, 0.15) is 32.6 Å². The lowest BCUT2D eigenvalue weighted by atomic mass is 9.79. The molecule has 4 nitrogen and oxygen atoms in total. The molecule has 1 saturated carbocycles. The molecule has 1 aliphatic carbocycles. The molecule has 14 heavy (non-hydrogen) atoms. The lowest BCUT2D eigenvalue weighted by Gasteiger charge is -2.24. The third-order valence-corrected chi connectivity index (χ3v) is 2.62. The minimum Gasteiger partial charge on any atom is -0.502 e. The van der Waals surface area contributed by atoms with Gasteiger partial charge in [-0.15, -0.1) is 0 Å². The number of aliphatic hydroxyl groups excluding tert-OH is 1. The van der Waals surface area contributed by atoms with Gasteiger partial charge in [0.1, 0.15) is 0 Å². The Labute approximate surface area is 82.2 Å². The van der Waals surface area contributed by atoms with Crippen molar-refractivity contribution in [1.29, 1.82) is 0 Å². The smallest absolute Gasteiger partial charge is 0.371 e. The molecule has 1 aliphatic rings. The van der Waals surface area contributed by atoms with Gasteiger partial charge in [-0.1, -0.05) is 13.3 Å². The highest BCUT2D eigenvalue weighted by molar-refractivity contribution is 6.03. The normalized spacial score (nSPS) is 18.4. The van der Waals surface area contributed by atoms with Gasteiger partial charge >= 0.3 is 5.97 Å². The van der Waals surface area contributed by atoms with Crippen LogP contribution in [0.25, 0.3) is 0 Å². The minimum atomic E-state index is -1.42. The van der Waals surface area contributed by atoms with E-state index in [1.807, 2.05) is 0 Å². The lowest BCUT2D eigenvalue weighted by molar-refractivity contribution is -0.136. The Morgan fingerprint density at radius 1 is 1.29 bits per heavy atom. The van der Waals surface area contributed by atoms with Gasteiger partial charge in [-0.25, -0.2) is 4.79 Å². The van der Waals surface area contributed by atoms with E-state index in [1.54, 1.807) is 6.92 Å². The second-order valence-electron chi connectivity index (χ2n) is 3.48. The van der Waals surface area contributed by atoms with E-state index in [1.165, 1.54) is 0 Å². The summed E-state index contributed by atoms with van der Waals surface area (Å²) in [6.07, 6.45) is 2.92. The average Bonchev–Trinajstić information content (AvgIpc) is 2.01. The monoisotopic (exact) mass is 198 g/mol. The zero-order valence-corrected chi connectivity index (χ0v) is 8.12. The molecule has 2 N–H and O–H groups in total. The summed E-state index contributed by atoms with van der Waals surface area (Å²) < 4.78 is 0. The number of aliphatic hydroxyl groups is 1. The van der Waals surface area contributed by atoms with E-state index in [2.05, 4.69) is 0 Å². The molecule has 0 atom stereocenters. The number of carbonyl (C=O) groups is 2. The number of allylic oxidation sites excluding steroid dienone is 1. The van der Waals surface area contributed by atoms with Crippen molar-refractivity contribution in [2.45, 2.75) is 32.6 Å². The second kappa shape index (κ2) is 4.26. The highest BCUT2D eigenvalue weighted by Crippen LogP contribution is 2.30. The van der Waals surface area contributed by atoms with E-state index >= 15 is 0 Å². The third kappa shape index (κ3) is 1.95. The first-order chi connectivity index (χ1) is 6.57. The molecule has 0 bridgehead atoms. The van der Waals surface area contributed by atoms with Crippen LogP contribution in [-0.4, -0.2) is 22.0 Å². The number of carboxylic acid groups (broad SMARTS) is 1. The number of carbonyl (C=O) groups excluding carboxylic acids is 1. The predicted molar refractivity (Wildman–Crippen MR) is 49.9 cm³/mol.